The summed E-state index contributed by atoms with van der Waals surface area (Å²) < 4.78 is 0. The molecule has 2 aromatic heterocycles. The third kappa shape index (κ3) is 5.49. The van der Waals surface area contributed by atoms with Crippen LogP contribution in [0.3, 0.4) is 0 Å². The monoisotopic (exact) mass is 507 g/mol. The lowest BCUT2D eigenvalue weighted by Crippen LogP contribution is -2.28. The molecule has 4 aromatic rings. The van der Waals surface area contributed by atoms with E-state index in [1.54, 1.807) is 6.33 Å². The maximum atomic E-state index is 12.7. The van der Waals surface area contributed by atoms with Gasteiger partial charge in [-0.15, -0.1) is 0 Å². The van der Waals surface area contributed by atoms with E-state index in [2.05, 4.69) is 90.6 Å². The van der Waals surface area contributed by atoms with Gasteiger partial charge in [-0.25, -0.2) is 9.97 Å². The summed E-state index contributed by atoms with van der Waals surface area (Å²) in [6.45, 7) is 11.2. The SMILES string of the molecule is CC=CN1CCC(c2c[nH]c3ncnc(-c4ccc(CNC(=O)c5ccc(C(C)(C)C)cc5)cc4)c23)CC1. The van der Waals surface area contributed by atoms with E-state index in [0.29, 0.717) is 18.0 Å². The predicted octanol–water partition coefficient (Wildman–Crippen LogP) is 6.57. The zero-order valence-electron chi connectivity index (χ0n) is 22.8. The fraction of sp³-hybridized carbons (Fsp3) is 0.344. The van der Waals surface area contributed by atoms with Crippen LogP contribution < -0.4 is 5.32 Å². The number of H-pyrrole nitrogens is 1. The second-order valence-electron chi connectivity index (χ2n) is 11.2. The van der Waals surface area contributed by atoms with Gasteiger partial charge in [-0.3, -0.25) is 4.79 Å². The van der Waals surface area contributed by atoms with Gasteiger partial charge in [0.1, 0.15) is 12.0 Å². The predicted molar refractivity (Wildman–Crippen MR) is 154 cm³/mol. The summed E-state index contributed by atoms with van der Waals surface area (Å²) in [6.07, 6.45) is 10.3. The van der Waals surface area contributed by atoms with Gasteiger partial charge in [0, 0.05) is 42.3 Å². The minimum Gasteiger partial charge on any atom is -0.378 e. The van der Waals surface area contributed by atoms with Crippen molar-refractivity contribution in [2.45, 2.75) is 58.4 Å². The maximum absolute atomic E-state index is 12.7. The van der Waals surface area contributed by atoms with Crippen LogP contribution in [-0.4, -0.2) is 38.8 Å². The average molecular weight is 508 g/mol. The van der Waals surface area contributed by atoms with Gasteiger partial charge in [-0.2, -0.15) is 0 Å². The molecule has 6 heteroatoms. The fourth-order valence-electron chi connectivity index (χ4n) is 5.28. The summed E-state index contributed by atoms with van der Waals surface area (Å²) in [7, 11) is 0. The second-order valence-corrected chi connectivity index (χ2v) is 11.2. The first kappa shape index (κ1) is 25.7. The molecular weight excluding hydrogens is 470 g/mol. The third-order valence-corrected chi connectivity index (χ3v) is 7.52. The first-order chi connectivity index (χ1) is 18.3. The van der Waals surface area contributed by atoms with E-state index in [1.807, 2.05) is 24.3 Å². The van der Waals surface area contributed by atoms with Gasteiger partial charge in [0.15, 0.2) is 0 Å². The van der Waals surface area contributed by atoms with Crippen LogP contribution in [0, 0.1) is 0 Å². The maximum Gasteiger partial charge on any atom is 0.251 e. The van der Waals surface area contributed by atoms with Crippen LogP contribution in [0.5, 0.6) is 0 Å². The van der Waals surface area contributed by atoms with E-state index in [9.17, 15) is 4.79 Å². The van der Waals surface area contributed by atoms with Gasteiger partial charge in [-0.05, 0) is 66.1 Å². The Labute approximate surface area is 225 Å². The Morgan fingerprint density at radius 1 is 1.05 bits per heavy atom. The highest BCUT2D eigenvalue weighted by Crippen LogP contribution is 2.36. The molecule has 3 heterocycles. The number of aromatic amines is 1. The number of allylic oxidation sites excluding steroid dienone is 1. The summed E-state index contributed by atoms with van der Waals surface area (Å²) in [4.78, 5) is 27.7. The lowest BCUT2D eigenvalue weighted by atomic mass is 9.87. The van der Waals surface area contributed by atoms with Crippen molar-refractivity contribution in [3.63, 3.8) is 0 Å². The minimum absolute atomic E-state index is 0.0653. The van der Waals surface area contributed by atoms with Gasteiger partial charge in [0.25, 0.3) is 5.91 Å². The number of likely N-dealkylation sites (tertiary alicyclic amines) is 1. The number of carbonyl (C=O) groups excluding carboxylic acids is 1. The molecule has 1 fully saturated rings. The van der Waals surface area contributed by atoms with Crippen molar-refractivity contribution in [2.24, 2.45) is 0 Å². The Morgan fingerprint density at radius 2 is 1.76 bits per heavy atom. The first-order valence-electron chi connectivity index (χ1n) is 13.5. The second kappa shape index (κ2) is 10.8. The quantitative estimate of drug-likeness (QED) is 0.310. The molecule has 0 saturated carbocycles. The van der Waals surface area contributed by atoms with Gasteiger partial charge < -0.3 is 15.2 Å². The molecule has 1 aliphatic heterocycles. The number of aromatic nitrogens is 3. The van der Waals surface area contributed by atoms with Crippen molar-refractivity contribution in [1.82, 2.24) is 25.2 Å². The van der Waals surface area contributed by atoms with Crippen molar-refractivity contribution < 1.29 is 4.79 Å². The Kier molecular flexibility index (Phi) is 7.32. The largest absolute Gasteiger partial charge is 0.378 e. The van der Waals surface area contributed by atoms with E-state index in [-0.39, 0.29) is 11.3 Å². The molecule has 2 N–H and O–H groups in total. The molecule has 0 unspecified atom stereocenters. The number of carbonyl (C=O) groups is 1. The van der Waals surface area contributed by atoms with Crippen molar-refractivity contribution >= 4 is 16.9 Å². The molecule has 0 atom stereocenters. The number of benzene rings is 2. The van der Waals surface area contributed by atoms with Crippen LogP contribution >= 0.6 is 0 Å². The van der Waals surface area contributed by atoms with Crippen LogP contribution in [0.15, 0.2) is 73.3 Å². The lowest BCUT2D eigenvalue weighted by Gasteiger charge is -2.31. The van der Waals surface area contributed by atoms with Gasteiger partial charge >= 0.3 is 0 Å². The molecule has 1 aliphatic rings. The number of amides is 1. The molecule has 1 saturated heterocycles. The normalized spacial score (nSPS) is 14.9. The van der Waals surface area contributed by atoms with Crippen LogP contribution in [0.2, 0.25) is 0 Å². The van der Waals surface area contributed by atoms with Crippen molar-refractivity contribution in [3.8, 4) is 11.3 Å². The third-order valence-electron chi connectivity index (χ3n) is 7.52. The van der Waals surface area contributed by atoms with Crippen LogP contribution in [0.25, 0.3) is 22.3 Å². The Morgan fingerprint density at radius 3 is 2.42 bits per heavy atom. The molecular formula is C32H37N5O. The van der Waals surface area contributed by atoms with Crippen molar-refractivity contribution in [1.29, 1.82) is 0 Å². The van der Waals surface area contributed by atoms with Crippen LogP contribution in [0.1, 0.15) is 73.5 Å². The fourth-order valence-corrected chi connectivity index (χ4v) is 5.28. The first-order valence-corrected chi connectivity index (χ1v) is 13.5. The standard InChI is InChI=1S/C32H37N5O/c1-5-16-37-17-14-23(15-18-37)27-20-33-30-28(27)29(35-21-36-30)24-8-6-22(7-9-24)19-34-31(38)25-10-12-26(13-11-25)32(2,3)4/h5-13,16,20-21,23H,14-15,17-19H2,1-4H3,(H,34,38)(H,33,35,36). The number of nitrogens with one attached hydrogen (secondary N) is 2. The highest BCUT2D eigenvalue weighted by Gasteiger charge is 2.24. The molecule has 38 heavy (non-hydrogen) atoms. The zero-order chi connectivity index (χ0) is 26.7. The van der Waals surface area contributed by atoms with Gasteiger partial charge in [-0.1, -0.05) is 63.2 Å². The number of fused-ring (bicyclic) bond motifs is 1. The smallest absolute Gasteiger partial charge is 0.251 e. The summed E-state index contributed by atoms with van der Waals surface area (Å²) in [5.74, 6) is 0.423. The van der Waals surface area contributed by atoms with Gasteiger partial charge in [0.05, 0.1) is 5.69 Å². The number of hydrogen-bond acceptors (Lipinski definition) is 4. The van der Waals surface area contributed by atoms with E-state index in [1.165, 1.54) is 11.1 Å². The van der Waals surface area contributed by atoms with Crippen molar-refractivity contribution in [2.75, 3.05) is 13.1 Å². The topological polar surface area (TPSA) is 73.9 Å². The Balaban J connectivity index is 1.29. The van der Waals surface area contributed by atoms with Gasteiger partial charge in [0.2, 0.25) is 0 Å². The summed E-state index contributed by atoms with van der Waals surface area (Å²) in [6, 6.07) is 16.2. The molecule has 2 aromatic carbocycles. The van der Waals surface area contributed by atoms with E-state index >= 15 is 0 Å². The summed E-state index contributed by atoms with van der Waals surface area (Å²) >= 11 is 0. The number of hydrogen-bond donors (Lipinski definition) is 2. The molecule has 196 valence electrons. The van der Waals surface area contributed by atoms with Crippen molar-refractivity contribution in [3.05, 3.63) is 95.6 Å². The average Bonchev–Trinajstić information content (AvgIpc) is 3.37. The van der Waals surface area contributed by atoms with E-state index in [0.717, 1.165) is 53.8 Å². The zero-order valence-corrected chi connectivity index (χ0v) is 22.8. The van der Waals surface area contributed by atoms with Crippen LogP contribution in [0.4, 0.5) is 0 Å². The molecule has 0 radical (unpaired) electrons. The van der Waals surface area contributed by atoms with E-state index in [4.69, 9.17) is 4.98 Å². The molecule has 0 aliphatic carbocycles. The molecule has 5 rings (SSSR count). The van der Waals surface area contributed by atoms with Crippen LogP contribution in [-0.2, 0) is 12.0 Å². The Bertz CT molecular complexity index is 1420. The highest BCUT2D eigenvalue weighted by atomic mass is 16.1. The minimum atomic E-state index is -0.0653. The molecule has 0 spiro atoms. The number of rotatable bonds is 6. The van der Waals surface area contributed by atoms with E-state index < -0.39 is 0 Å². The highest BCUT2D eigenvalue weighted by molar-refractivity contribution is 5.95. The molecule has 6 nitrogen and oxygen atoms in total. The lowest BCUT2D eigenvalue weighted by molar-refractivity contribution is 0.0951. The number of nitrogens with zero attached hydrogens (tertiary/aromatic N) is 3. The number of piperidine rings is 1. The molecule has 0 bridgehead atoms. The summed E-state index contributed by atoms with van der Waals surface area (Å²) in [5.41, 5.74) is 7.21. The Hall–Kier alpha value is -3.93. The summed E-state index contributed by atoms with van der Waals surface area (Å²) in [5, 5.41) is 4.17. The molecule has 1 amide bonds.